The number of carbonyl (C=O) groups is 1. The Morgan fingerprint density at radius 2 is 1.80 bits per heavy atom. The lowest BCUT2D eigenvalue weighted by molar-refractivity contribution is -0.151. The molecule has 8 heteroatoms. The van der Waals surface area contributed by atoms with Crippen molar-refractivity contribution in [2.24, 2.45) is 11.7 Å². The highest BCUT2D eigenvalue weighted by Gasteiger charge is 2.21. The topological polar surface area (TPSA) is 108 Å². The van der Waals surface area contributed by atoms with E-state index < -0.39 is 28.1 Å². The lowest BCUT2D eigenvalue weighted by Gasteiger charge is -2.22. The van der Waals surface area contributed by atoms with Crippen LogP contribution in [0.25, 0.3) is 0 Å². The summed E-state index contributed by atoms with van der Waals surface area (Å²) >= 11 is 0. The molecule has 0 unspecified atom stereocenters. The molecule has 0 spiro atoms. The second kappa shape index (κ2) is 8.56. The molecule has 0 aromatic rings. The van der Waals surface area contributed by atoms with Crippen molar-refractivity contribution in [3.8, 4) is 0 Å². The van der Waals surface area contributed by atoms with Crippen molar-refractivity contribution in [1.82, 2.24) is 4.72 Å². The average molecular weight is 310 g/mol. The van der Waals surface area contributed by atoms with E-state index in [1.807, 2.05) is 27.7 Å². The summed E-state index contributed by atoms with van der Waals surface area (Å²) in [5.41, 5.74) is 5.66. The lowest BCUT2D eigenvalue weighted by Crippen LogP contribution is -2.41. The van der Waals surface area contributed by atoms with Crippen LogP contribution in [-0.2, 0) is 24.3 Å². The molecular weight excluding hydrogens is 284 g/mol. The van der Waals surface area contributed by atoms with Gasteiger partial charge in [-0.3, -0.25) is 4.79 Å². The minimum Gasteiger partial charge on any atom is -0.462 e. The molecule has 0 radical (unpaired) electrons. The molecule has 0 saturated carbocycles. The summed E-state index contributed by atoms with van der Waals surface area (Å²) in [6.45, 7) is 7.27. The maximum Gasteiger partial charge on any atom is 0.323 e. The number of ether oxygens (including phenoxy) is 2. The molecule has 0 heterocycles. The number of sulfonamides is 1. The second-order valence-corrected chi connectivity index (χ2v) is 7.16. The largest absolute Gasteiger partial charge is 0.462 e. The Balaban J connectivity index is 4.40. The fraction of sp³-hybridized carbons (Fsp3) is 0.917. The molecular formula is C12H26N2O5S. The first kappa shape index (κ1) is 19.3. The van der Waals surface area contributed by atoms with E-state index >= 15 is 0 Å². The summed E-state index contributed by atoms with van der Waals surface area (Å²) in [4.78, 5) is 11.6. The monoisotopic (exact) mass is 310 g/mol. The molecule has 0 aliphatic carbocycles. The number of nitrogens with two attached hydrogens (primary N) is 1. The zero-order valence-corrected chi connectivity index (χ0v) is 13.6. The van der Waals surface area contributed by atoms with Gasteiger partial charge in [-0.25, -0.2) is 13.1 Å². The number of carbonyl (C=O) groups excluding carboxylic acids is 1. The standard InChI is InChI=1S/C12H26N2O5S/c1-8(2)11(13)12(15)18-7-10(19-9(3)4)6-14-20(5,16)17/h8-11,14H,6-7,13H2,1-5H3/t10-,11+/m0/s1. The van der Waals surface area contributed by atoms with E-state index in [1.54, 1.807) is 0 Å². The van der Waals surface area contributed by atoms with Crippen molar-refractivity contribution >= 4 is 16.0 Å². The van der Waals surface area contributed by atoms with Crippen LogP contribution >= 0.6 is 0 Å². The summed E-state index contributed by atoms with van der Waals surface area (Å²) in [7, 11) is -3.32. The third kappa shape index (κ3) is 9.24. The molecule has 0 amide bonds. The SMILES string of the molecule is CC(C)O[C@@H](CNS(C)(=O)=O)COC(=O)[C@H](N)C(C)C. The lowest BCUT2D eigenvalue weighted by atomic mass is 10.1. The first-order chi connectivity index (χ1) is 9.03. The molecule has 0 aromatic carbocycles. The highest BCUT2D eigenvalue weighted by atomic mass is 32.2. The molecule has 120 valence electrons. The summed E-state index contributed by atoms with van der Waals surface area (Å²) in [6.07, 6.45) is 0.395. The van der Waals surface area contributed by atoms with Crippen molar-refractivity contribution in [3.63, 3.8) is 0 Å². The quantitative estimate of drug-likeness (QED) is 0.574. The zero-order chi connectivity index (χ0) is 15.9. The van der Waals surface area contributed by atoms with Crippen LogP contribution in [0.5, 0.6) is 0 Å². The van der Waals surface area contributed by atoms with Crippen LogP contribution in [0.15, 0.2) is 0 Å². The molecule has 0 aliphatic heterocycles. The van der Waals surface area contributed by atoms with Gasteiger partial charge < -0.3 is 15.2 Å². The van der Waals surface area contributed by atoms with Gasteiger partial charge in [0, 0.05) is 6.54 Å². The van der Waals surface area contributed by atoms with Crippen molar-refractivity contribution in [2.45, 2.75) is 45.9 Å². The van der Waals surface area contributed by atoms with Crippen molar-refractivity contribution < 1.29 is 22.7 Å². The highest BCUT2D eigenvalue weighted by molar-refractivity contribution is 7.88. The first-order valence-corrected chi connectivity index (χ1v) is 8.44. The zero-order valence-electron chi connectivity index (χ0n) is 12.8. The Morgan fingerprint density at radius 3 is 2.20 bits per heavy atom. The van der Waals surface area contributed by atoms with E-state index in [4.69, 9.17) is 15.2 Å². The molecule has 0 saturated heterocycles. The second-order valence-electron chi connectivity index (χ2n) is 5.33. The maximum atomic E-state index is 11.6. The molecule has 2 atom stereocenters. The number of hydrogen-bond donors (Lipinski definition) is 2. The Labute approximate surface area is 121 Å². The van der Waals surface area contributed by atoms with Crippen LogP contribution in [0.3, 0.4) is 0 Å². The number of esters is 1. The van der Waals surface area contributed by atoms with Gasteiger partial charge in [-0.1, -0.05) is 13.8 Å². The van der Waals surface area contributed by atoms with Gasteiger partial charge in [-0.15, -0.1) is 0 Å². The molecule has 0 aromatic heterocycles. The summed E-state index contributed by atoms with van der Waals surface area (Å²) in [5, 5.41) is 0. The predicted molar refractivity (Wildman–Crippen MR) is 76.6 cm³/mol. The van der Waals surface area contributed by atoms with E-state index in [1.165, 1.54) is 0 Å². The third-order valence-corrected chi connectivity index (χ3v) is 3.13. The van der Waals surface area contributed by atoms with E-state index in [2.05, 4.69) is 4.72 Å². The van der Waals surface area contributed by atoms with Crippen molar-refractivity contribution in [3.05, 3.63) is 0 Å². The molecule has 20 heavy (non-hydrogen) atoms. The van der Waals surface area contributed by atoms with Gasteiger partial charge in [0.05, 0.1) is 12.4 Å². The molecule has 7 nitrogen and oxygen atoms in total. The van der Waals surface area contributed by atoms with E-state index in [0.29, 0.717) is 0 Å². The molecule has 3 N–H and O–H groups in total. The van der Waals surface area contributed by atoms with Gasteiger partial charge >= 0.3 is 5.97 Å². The molecule has 0 aliphatic rings. The third-order valence-electron chi connectivity index (χ3n) is 2.44. The van der Waals surface area contributed by atoms with Crippen LogP contribution < -0.4 is 10.5 Å². The van der Waals surface area contributed by atoms with Crippen LogP contribution in [0.1, 0.15) is 27.7 Å². The van der Waals surface area contributed by atoms with Crippen LogP contribution in [0.4, 0.5) is 0 Å². The summed E-state index contributed by atoms with van der Waals surface area (Å²) in [6, 6.07) is -0.697. The van der Waals surface area contributed by atoms with Gasteiger partial charge in [0.25, 0.3) is 0 Å². The van der Waals surface area contributed by atoms with E-state index in [0.717, 1.165) is 6.26 Å². The fourth-order valence-electron chi connectivity index (χ4n) is 1.32. The van der Waals surface area contributed by atoms with Gasteiger partial charge in [0.15, 0.2) is 0 Å². The average Bonchev–Trinajstić information content (AvgIpc) is 2.29. The highest BCUT2D eigenvalue weighted by Crippen LogP contribution is 2.04. The van der Waals surface area contributed by atoms with Crippen LogP contribution in [-0.4, -0.2) is 52.0 Å². The number of nitrogens with one attached hydrogen (secondary N) is 1. The molecule has 0 rings (SSSR count). The minimum absolute atomic E-state index is 0.0267. The van der Waals surface area contributed by atoms with Gasteiger partial charge in [0.2, 0.25) is 10.0 Å². The Morgan fingerprint density at radius 1 is 1.25 bits per heavy atom. The van der Waals surface area contributed by atoms with Gasteiger partial charge in [-0.2, -0.15) is 0 Å². The molecule has 0 bridgehead atoms. The first-order valence-electron chi connectivity index (χ1n) is 6.55. The van der Waals surface area contributed by atoms with Crippen LogP contribution in [0.2, 0.25) is 0 Å². The number of rotatable bonds is 9. The maximum absolute atomic E-state index is 11.6. The number of hydrogen-bond acceptors (Lipinski definition) is 6. The van der Waals surface area contributed by atoms with Crippen LogP contribution in [0, 0.1) is 5.92 Å². The van der Waals surface area contributed by atoms with E-state index in [9.17, 15) is 13.2 Å². The Hall–Kier alpha value is -0.700. The fourth-order valence-corrected chi connectivity index (χ4v) is 1.81. The molecule has 0 fully saturated rings. The minimum atomic E-state index is -3.32. The van der Waals surface area contributed by atoms with Gasteiger partial charge in [0.1, 0.15) is 18.8 Å². The van der Waals surface area contributed by atoms with Crippen molar-refractivity contribution in [1.29, 1.82) is 0 Å². The van der Waals surface area contributed by atoms with E-state index in [-0.39, 0.29) is 25.2 Å². The Kier molecular flexibility index (Phi) is 8.26. The summed E-state index contributed by atoms with van der Waals surface area (Å²) < 4.78 is 35.0. The Bertz CT molecular complexity index is 395. The summed E-state index contributed by atoms with van der Waals surface area (Å²) in [5.74, 6) is -0.544. The predicted octanol–water partition coefficient (Wildman–Crippen LogP) is -0.144. The smallest absolute Gasteiger partial charge is 0.323 e. The normalized spacial score (nSPS) is 15.4. The van der Waals surface area contributed by atoms with Gasteiger partial charge in [-0.05, 0) is 19.8 Å². The van der Waals surface area contributed by atoms with Crippen molar-refractivity contribution in [2.75, 3.05) is 19.4 Å².